The van der Waals surface area contributed by atoms with Crippen LogP contribution in [-0.4, -0.2) is 43.7 Å². The number of carbonyl (C=O) groups excluding carboxylic acids is 1. The fourth-order valence-corrected chi connectivity index (χ4v) is 2.20. The Balaban J connectivity index is 1.98. The van der Waals surface area contributed by atoms with E-state index in [0.717, 1.165) is 11.1 Å². The van der Waals surface area contributed by atoms with E-state index < -0.39 is 0 Å². The van der Waals surface area contributed by atoms with Gasteiger partial charge in [-0.1, -0.05) is 17.7 Å². The molecular weight excluding hydrogens is 256 g/mol. The zero-order valence-corrected chi connectivity index (χ0v) is 12.1. The Morgan fingerprint density at radius 2 is 2.15 bits per heavy atom. The fraction of sp³-hybridized carbons (Fsp3) is 0.533. The minimum Gasteiger partial charge on any atom is -0.483 e. The van der Waals surface area contributed by atoms with Crippen LogP contribution in [0.4, 0.5) is 0 Å². The summed E-state index contributed by atoms with van der Waals surface area (Å²) in [6.07, 6.45) is 0. The second kappa shape index (κ2) is 6.72. The molecule has 1 aromatic carbocycles. The highest BCUT2D eigenvalue weighted by Gasteiger charge is 2.18. The van der Waals surface area contributed by atoms with Crippen molar-refractivity contribution in [2.45, 2.75) is 19.9 Å². The summed E-state index contributed by atoms with van der Waals surface area (Å²) in [6.45, 7) is 6.43. The Labute approximate surface area is 119 Å². The molecule has 1 unspecified atom stereocenters. The van der Waals surface area contributed by atoms with Crippen molar-refractivity contribution in [3.05, 3.63) is 29.3 Å². The Kier molecular flexibility index (Phi) is 4.98. The zero-order chi connectivity index (χ0) is 14.5. The van der Waals surface area contributed by atoms with Crippen LogP contribution >= 0.6 is 0 Å². The summed E-state index contributed by atoms with van der Waals surface area (Å²) >= 11 is 0. The summed E-state index contributed by atoms with van der Waals surface area (Å²) < 4.78 is 10.9. The van der Waals surface area contributed by atoms with Crippen molar-refractivity contribution in [1.29, 1.82) is 0 Å². The van der Waals surface area contributed by atoms with E-state index in [4.69, 9.17) is 15.2 Å². The number of hydrogen-bond donors (Lipinski definition) is 1. The van der Waals surface area contributed by atoms with Crippen LogP contribution in [0.5, 0.6) is 5.75 Å². The van der Waals surface area contributed by atoms with Gasteiger partial charge in [-0.25, -0.2) is 0 Å². The van der Waals surface area contributed by atoms with Gasteiger partial charge in [0.2, 0.25) is 0 Å². The zero-order valence-electron chi connectivity index (χ0n) is 12.1. The molecule has 1 atom stereocenters. The van der Waals surface area contributed by atoms with E-state index in [1.54, 1.807) is 4.90 Å². The lowest BCUT2D eigenvalue weighted by Crippen LogP contribution is -2.43. The van der Waals surface area contributed by atoms with E-state index in [1.165, 1.54) is 0 Å². The molecule has 0 aliphatic carbocycles. The average Bonchev–Trinajstić information content (AvgIpc) is 2.46. The summed E-state index contributed by atoms with van der Waals surface area (Å²) in [4.78, 5) is 13.8. The van der Waals surface area contributed by atoms with Crippen molar-refractivity contribution >= 4 is 5.91 Å². The van der Waals surface area contributed by atoms with Gasteiger partial charge in [0.1, 0.15) is 5.75 Å². The van der Waals surface area contributed by atoms with Crippen molar-refractivity contribution < 1.29 is 14.3 Å². The smallest absolute Gasteiger partial charge is 0.260 e. The van der Waals surface area contributed by atoms with Crippen molar-refractivity contribution in [2.75, 3.05) is 32.9 Å². The van der Waals surface area contributed by atoms with Crippen molar-refractivity contribution in [2.24, 2.45) is 5.73 Å². The van der Waals surface area contributed by atoms with E-state index in [-0.39, 0.29) is 18.6 Å². The van der Waals surface area contributed by atoms with Gasteiger partial charge in [0, 0.05) is 24.7 Å². The Morgan fingerprint density at radius 3 is 2.80 bits per heavy atom. The third kappa shape index (κ3) is 3.71. The summed E-state index contributed by atoms with van der Waals surface area (Å²) in [5.41, 5.74) is 8.00. The second-order valence-electron chi connectivity index (χ2n) is 5.11. The SMILES string of the molecule is Cc1ccc(OCC(=O)N2CCOCC2)c(C(C)N)c1. The maximum Gasteiger partial charge on any atom is 0.260 e. The highest BCUT2D eigenvalue weighted by molar-refractivity contribution is 5.77. The first-order valence-electron chi connectivity index (χ1n) is 6.92. The van der Waals surface area contributed by atoms with Gasteiger partial charge in [-0.3, -0.25) is 4.79 Å². The molecule has 1 fully saturated rings. The van der Waals surface area contributed by atoms with Crippen molar-refractivity contribution in [3.8, 4) is 5.75 Å². The molecule has 1 heterocycles. The predicted octanol–water partition coefficient (Wildman–Crippen LogP) is 1.25. The number of carbonyl (C=O) groups is 1. The molecule has 0 saturated carbocycles. The minimum absolute atomic E-state index is 0.00972. The summed E-state index contributed by atoms with van der Waals surface area (Å²) in [5.74, 6) is 0.678. The van der Waals surface area contributed by atoms with E-state index >= 15 is 0 Å². The van der Waals surface area contributed by atoms with Crippen LogP contribution in [0.25, 0.3) is 0 Å². The van der Waals surface area contributed by atoms with E-state index in [0.29, 0.717) is 32.1 Å². The maximum absolute atomic E-state index is 12.0. The molecule has 1 amide bonds. The molecule has 110 valence electrons. The molecule has 1 saturated heterocycles. The van der Waals surface area contributed by atoms with Crippen LogP contribution in [0.15, 0.2) is 18.2 Å². The van der Waals surface area contributed by atoms with E-state index in [9.17, 15) is 4.79 Å². The molecule has 1 aromatic rings. The number of ether oxygens (including phenoxy) is 2. The molecule has 5 heteroatoms. The van der Waals surface area contributed by atoms with E-state index in [2.05, 4.69) is 0 Å². The Morgan fingerprint density at radius 1 is 1.45 bits per heavy atom. The van der Waals surface area contributed by atoms with Crippen molar-refractivity contribution in [1.82, 2.24) is 4.90 Å². The highest BCUT2D eigenvalue weighted by atomic mass is 16.5. The number of amides is 1. The minimum atomic E-state index is -0.122. The molecular formula is C15H22N2O3. The molecule has 20 heavy (non-hydrogen) atoms. The van der Waals surface area contributed by atoms with Crippen LogP contribution in [0.2, 0.25) is 0 Å². The summed E-state index contributed by atoms with van der Waals surface area (Å²) in [7, 11) is 0. The molecule has 2 N–H and O–H groups in total. The Bertz CT molecular complexity index is 468. The van der Waals surface area contributed by atoms with Gasteiger partial charge in [-0.05, 0) is 19.9 Å². The largest absolute Gasteiger partial charge is 0.483 e. The molecule has 0 aromatic heterocycles. The molecule has 0 radical (unpaired) electrons. The lowest BCUT2D eigenvalue weighted by molar-refractivity contribution is -0.137. The molecule has 2 rings (SSSR count). The number of nitrogens with zero attached hydrogens (tertiary/aromatic N) is 1. The van der Waals surface area contributed by atoms with Gasteiger partial charge in [0.15, 0.2) is 6.61 Å². The Hall–Kier alpha value is -1.59. The molecule has 0 spiro atoms. The quantitative estimate of drug-likeness (QED) is 0.900. The fourth-order valence-electron chi connectivity index (χ4n) is 2.20. The average molecular weight is 278 g/mol. The number of hydrogen-bond acceptors (Lipinski definition) is 4. The van der Waals surface area contributed by atoms with Gasteiger partial charge in [-0.15, -0.1) is 0 Å². The molecule has 1 aliphatic rings. The first-order valence-corrected chi connectivity index (χ1v) is 6.92. The van der Waals surface area contributed by atoms with Gasteiger partial charge in [-0.2, -0.15) is 0 Å². The third-order valence-electron chi connectivity index (χ3n) is 3.37. The molecule has 5 nitrogen and oxygen atoms in total. The van der Waals surface area contributed by atoms with Gasteiger partial charge >= 0.3 is 0 Å². The number of aryl methyl sites for hydroxylation is 1. The predicted molar refractivity (Wildman–Crippen MR) is 76.7 cm³/mol. The molecule has 1 aliphatic heterocycles. The van der Waals surface area contributed by atoms with Crippen LogP contribution in [0, 0.1) is 6.92 Å². The standard InChI is InChI=1S/C15H22N2O3/c1-11-3-4-14(13(9-11)12(2)16)20-10-15(18)17-5-7-19-8-6-17/h3-4,9,12H,5-8,10,16H2,1-2H3. The third-order valence-corrected chi connectivity index (χ3v) is 3.37. The normalized spacial score (nSPS) is 16.9. The topological polar surface area (TPSA) is 64.8 Å². The van der Waals surface area contributed by atoms with E-state index in [1.807, 2.05) is 32.0 Å². The van der Waals surface area contributed by atoms with Crippen LogP contribution in [0.3, 0.4) is 0 Å². The summed E-state index contributed by atoms with van der Waals surface area (Å²) in [5, 5.41) is 0. The first kappa shape index (κ1) is 14.8. The van der Waals surface area contributed by atoms with Gasteiger partial charge < -0.3 is 20.1 Å². The van der Waals surface area contributed by atoms with Crippen LogP contribution in [-0.2, 0) is 9.53 Å². The number of rotatable bonds is 4. The number of nitrogens with two attached hydrogens (primary N) is 1. The maximum atomic E-state index is 12.0. The van der Waals surface area contributed by atoms with Crippen molar-refractivity contribution in [3.63, 3.8) is 0 Å². The van der Waals surface area contributed by atoms with Crippen LogP contribution in [0.1, 0.15) is 24.1 Å². The highest BCUT2D eigenvalue weighted by Crippen LogP contribution is 2.25. The van der Waals surface area contributed by atoms with Crippen LogP contribution < -0.4 is 10.5 Å². The monoisotopic (exact) mass is 278 g/mol. The summed E-state index contributed by atoms with van der Waals surface area (Å²) in [6, 6.07) is 5.71. The number of morpholine rings is 1. The van der Waals surface area contributed by atoms with Gasteiger partial charge in [0.05, 0.1) is 13.2 Å². The number of benzene rings is 1. The van der Waals surface area contributed by atoms with Gasteiger partial charge in [0.25, 0.3) is 5.91 Å². The molecule has 0 bridgehead atoms. The second-order valence-corrected chi connectivity index (χ2v) is 5.11. The lowest BCUT2D eigenvalue weighted by Gasteiger charge is -2.27. The first-order chi connectivity index (χ1) is 9.58. The lowest BCUT2D eigenvalue weighted by atomic mass is 10.1.